The lowest BCUT2D eigenvalue weighted by Crippen LogP contribution is -2.14. The first kappa shape index (κ1) is 19.7. The van der Waals surface area contributed by atoms with Gasteiger partial charge >= 0.3 is 0 Å². The molecule has 0 fully saturated rings. The third-order valence-corrected chi connectivity index (χ3v) is 2.16. The predicted octanol–water partition coefficient (Wildman–Crippen LogP) is -0.292. The normalized spacial score (nSPS) is 11.1. The fourth-order valence-corrected chi connectivity index (χ4v) is 1.19. The van der Waals surface area contributed by atoms with Crippen LogP contribution < -0.4 is 0 Å². The van der Waals surface area contributed by atoms with Gasteiger partial charge in [0.05, 0.1) is 79.3 Å². The summed E-state index contributed by atoms with van der Waals surface area (Å²) in [6, 6.07) is 0. The zero-order chi connectivity index (χ0) is 14.7. The van der Waals surface area contributed by atoms with Crippen molar-refractivity contribution in [1.82, 2.24) is 0 Å². The smallest absolute Gasteiger partial charge is 0.0701 e. The number of ether oxygens (including phenoxy) is 6. The molecule has 0 radical (unpaired) electrons. The molecular formula is C13H28O7. The van der Waals surface area contributed by atoms with Crippen LogP contribution in [-0.4, -0.2) is 91.5 Å². The van der Waals surface area contributed by atoms with Crippen molar-refractivity contribution in [3.05, 3.63) is 0 Å². The first-order valence-corrected chi connectivity index (χ1v) is 6.90. The number of aliphatic hydroxyl groups excluding tert-OH is 1. The first-order valence-electron chi connectivity index (χ1n) is 6.90. The van der Waals surface area contributed by atoms with Gasteiger partial charge in [-0.2, -0.15) is 0 Å². The van der Waals surface area contributed by atoms with E-state index in [0.29, 0.717) is 72.7 Å². The van der Waals surface area contributed by atoms with E-state index in [9.17, 15) is 0 Å². The quantitative estimate of drug-likeness (QED) is 0.370. The van der Waals surface area contributed by atoms with Crippen LogP contribution in [0.5, 0.6) is 0 Å². The van der Waals surface area contributed by atoms with E-state index >= 15 is 0 Å². The van der Waals surface area contributed by atoms with E-state index < -0.39 is 0 Å². The molecule has 0 bridgehead atoms. The first-order chi connectivity index (χ1) is 9.91. The molecule has 0 aliphatic rings. The summed E-state index contributed by atoms with van der Waals surface area (Å²) >= 11 is 0. The molecule has 0 aliphatic heterocycles. The molecule has 20 heavy (non-hydrogen) atoms. The molecule has 0 aromatic rings. The molecule has 0 aliphatic carbocycles. The molecule has 0 amide bonds. The summed E-state index contributed by atoms with van der Waals surface area (Å²) in [5.74, 6) is 0. The second kappa shape index (κ2) is 18.7. The van der Waals surface area contributed by atoms with Crippen molar-refractivity contribution >= 4 is 0 Å². The second-order valence-electron chi connectivity index (χ2n) is 3.78. The molecule has 122 valence electrons. The van der Waals surface area contributed by atoms with Crippen LogP contribution in [-0.2, 0) is 28.4 Å². The van der Waals surface area contributed by atoms with Crippen molar-refractivity contribution in [1.29, 1.82) is 0 Å². The summed E-state index contributed by atoms with van der Waals surface area (Å²) in [5.41, 5.74) is 0. The van der Waals surface area contributed by atoms with E-state index in [2.05, 4.69) is 0 Å². The average Bonchev–Trinajstić information content (AvgIpc) is 2.47. The Kier molecular flexibility index (Phi) is 18.5. The van der Waals surface area contributed by atoms with Crippen LogP contribution in [0.1, 0.15) is 0 Å². The molecule has 0 saturated carbocycles. The Morgan fingerprint density at radius 1 is 0.500 bits per heavy atom. The minimum absolute atomic E-state index is 0.0422. The highest BCUT2D eigenvalue weighted by molar-refractivity contribution is 4.36. The lowest BCUT2D eigenvalue weighted by atomic mass is 10.7. The van der Waals surface area contributed by atoms with Crippen LogP contribution in [0.15, 0.2) is 0 Å². The number of aliphatic hydroxyl groups is 1. The number of hydrogen-bond donors (Lipinski definition) is 1. The van der Waals surface area contributed by atoms with Crippen LogP contribution in [0.4, 0.5) is 0 Å². The molecule has 0 unspecified atom stereocenters. The van der Waals surface area contributed by atoms with Crippen LogP contribution in [0.25, 0.3) is 0 Å². The van der Waals surface area contributed by atoms with Crippen LogP contribution in [0, 0.1) is 0 Å². The van der Waals surface area contributed by atoms with Crippen molar-refractivity contribution in [3.63, 3.8) is 0 Å². The molecule has 0 heterocycles. The van der Waals surface area contributed by atoms with Gasteiger partial charge in [-0.3, -0.25) is 0 Å². The molecule has 0 aromatic carbocycles. The number of rotatable bonds is 17. The van der Waals surface area contributed by atoms with Crippen molar-refractivity contribution < 1.29 is 33.5 Å². The molecule has 0 atom stereocenters. The molecule has 7 heteroatoms. The second-order valence-corrected chi connectivity index (χ2v) is 3.78. The molecule has 7 nitrogen and oxygen atoms in total. The van der Waals surface area contributed by atoms with Crippen molar-refractivity contribution in [2.45, 2.75) is 0 Å². The zero-order valence-electron chi connectivity index (χ0n) is 12.4. The molecule has 1 N–H and O–H groups in total. The topological polar surface area (TPSA) is 75.6 Å². The molecule has 0 aromatic heterocycles. The number of hydrogen-bond acceptors (Lipinski definition) is 7. The van der Waals surface area contributed by atoms with Gasteiger partial charge in [-0.25, -0.2) is 0 Å². The van der Waals surface area contributed by atoms with E-state index in [0.717, 1.165) is 0 Å². The third kappa shape index (κ3) is 17.7. The van der Waals surface area contributed by atoms with Crippen molar-refractivity contribution in [2.24, 2.45) is 0 Å². The maximum absolute atomic E-state index is 8.47. The summed E-state index contributed by atoms with van der Waals surface area (Å²) in [6.07, 6.45) is 0. The summed E-state index contributed by atoms with van der Waals surface area (Å²) in [7, 11) is 1.64. The fraction of sp³-hybridized carbons (Fsp3) is 1.00. The van der Waals surface area contributed by atoms with Gasteiger partial charge < -0.3 is 33.5 Å². The van der Waals surface area contributed by atoms with Gasteiger partial charge in [-0.1, -0.05) is 0 Å². The Hall–Kier alpha value is -0.280. The highest BCUT2D eigenvalue weighted by Gasteiger charge is 1.93. The lowest BCUT2D eigenvalue weighted by molar-refractivity contribution is -0.0163. The van der Waals surface area contributed by atoms with Crippen molar-refractivity contribution in [3.8, 4) is 0 Å². The minimum Gasteiger partial charge on any atom is -0.394 e. The predicted molar refractivity (Wildman–Crippen MR) is 73.1 cm³/mol. The van der Waals surface area contributed by atoms with Gasteiger partial charge in [0.25, 0.3) is 0 Å². The standard InChI is InChI=1S/C13H28O7/c1-15-4-5-17-8-9-19-12-13-20-11-10-18-7-6-16-3-2-14/h14H,2-13H2,1H3. The van der Waals surface area contributed by atoms with Gasteiger partial charge in [0.1, 0.15) is 0 Å². The Morgan fingerprint density at radius 3 is 1.10 bits per heavy atom. The SMILES string of the molecule is COCCOCCOCCOCCOCCOCCO. The largest absolute Gasteiger partial charge is 0.394 e. The van der Waals surface area contributed by atoms with Crippen LogP contribution in [0.3, 0.4) is 0 Å². The lowest BCUT2D eigenvalue weighted by Gasteiger charge is -2.07. The Morgan fingerprint density at radius 2 is 0.800 bits per heavy atom. The number of methoxy groups -OCH3 is 1. The summed E-state index contributed by atoms with van der Waals surface area (Å²) in [5, 5.41) is 8.47. The molecule has 0 spiro atoms. The van der Waals surface area contributed by atoms with Gasteiger partial charge in [0, 0.05) is 7.11 Å². The molecule has 0 rings (SSSR count). The highest BCUT2D eigenvalue weighted by atomic mass is 16.6. The van der Waals surface area contributed by atoms with E-state index in [4.69, 9.17) is 33.5 Å². The average molecular weight is 296 g/mol. The van der Waals surface area contributed by atoms with Gasteiger partial charge in [-0.05, 0) is 0 Å². The third-order valence-electron chi connectivity index (χ3n) is 2.16. The van der Waals surface area contributed by atoms with E-state index in [-0.39, 0.29) is 6.61 Å². The Bertz CT molecular complexity index is 151. The Balaban J connectivity index is 2.89. The summed E-state index contributed by atoms with van der Waals surface area (Å²) in [4.78, 5) is 0. The monoisotopic (exact) mass is 296 g/mol. The maximum Gasteiger partial charge on any atom is 0.0701 e. The summed E-state index contributed by atoms with van der Waals surface area (Å²) < 4.78 is 31.0. The van der Waals surface area contributed by atoms with Gasteiger partial charge in [-0.15, -0.1) is 0 Å². The van der Waals surface area contributed by atoms with Crippen LogP contribution in [0.2, 0.25) is 0 Å². The van der Waals surface area contributed by atoms with Crippen LogP contribution >= 0.6 is 0 Å². The molecule has 0 saturated heterocycles. The fourth-order valence-electron chi connectivity index (χ4n) is 1.19. The van der Waals surface area contributed by atoms with E-state index in [1.807, 2.05) is 0 Å². The maximum atomic E-state index is 8.47. The minimum atomic E-state index is 0.0422. The summed E-state index contributed by atoms with van der Waals surface area (Å²) in [6.45, 7) is 5.89. The van der Waals surface area contributed by atoms with Crippen molar-refractivity contribution in [2.75, 3.05) is 86.4 Å². The highest BCUT2D eigenvalue weighted by Crippen LogP contribution is 1.83. The zero-order valence-corrected chi connectivity index (χ0v) is 12.4. The Labute approximate surface area is 121 Å². The van der Waals surface area contributed by atoms with Gasteiger partial charge in [0.2, 0.25) is 0 Å². The van der Waals surface area contributed by atoms with Gasteiger partial charge in [0.15, 0.2) is 0 Å². The van der Waals surface area contributed by atoms with E-state index in [1.54, 1.807) is 7.11 Å². The molecular weight excluding hydrogens is 268 g/mol. The van der Waals surface area contributed by atoms with E-state index in [1.165, 1.54) is 0 Å².